The number of hydrogen-bond acceptors (Lipinski definition) is 2. The van der Waals surface area contributed by atoms with Gasteiger partial charge in [-0.3, -0.25) is 15.6 Å². The molecule has 0 aliphatic heterocycles. The first-order chi connectivity index (χ1) is 11.6. The number of rotatable bonds is 5. The Kier molecular flexibility index (Phi) is 7.03. The second-order valence-corrected chi connectivity index (χ2v) is 6.18. The molecule has 0 unspecified atom stereocenters. The van der Waals surface area contributed by atoms with E-state index in [0.29, 0.717) is 10.1 Å². The maximum absolute atomic E-state index is 12.5. The second kappa shape index (κ2) is 9.25. The molecule has 0 heterocycles. The third-order valence-electron chi connectivity index (χ3n) is 3.48. The molecule has 24 heavy (non-hydrogen) atoms. The molecule has 0 saturated heterocycles. The third-order valence-corrected chi connectivity index (χ3v) is 3.92. The number of halogens is 1. The Morgan fingerprint density at radius 1 is 1.12 bits per heavy atom. The van der Waals surface area contributed by atoms with Gasteiger partial charge in [0, 0.05) is 10.7 Å². The highest BCUT2D eigenvalue weighted by Gasteiger charge is 2.19. The lowest BCUT2D eigenvalue weighted by molar-refractivity contribution is -0.123. The lowest BCUT2D eigenvalue weighted by Crippen LogP contribution is -2.45. The summed E-state index contributed by atoms with van der Waals surface area (Å²) in [4.78, 5) is 12.5. The lowest BCUT2D eigenvalue weighted by atomic mass is 9.94. The summed E-state index contributed by atoms with van der Waals surface area (Å²) in [5.41, 5.74) is 7.16. The van der Waals surface area contributed by atoms with E-state index in [4.69, 9.17) is 23.8 Å². The molecule has 0 bridgehead atoms. The van der Waals surface area contributed by atoms with E-state index in [1.807, 2.05) is 42.5 Å². The summed E-state index contributed by atoms with van der Waals surface area (Å²) in [6.07, 6.45) is 1.68. The van der Waals surface area contributed by atoms with Crippen LogP contribution in [0.4, 0.5) is 5.69 Å². The topological polar surface area (TPSA) is 53.2 Å². The van der Waals surface area contributed by atoms with Crippen molar-refractivity contribution in [1.29, 1.82) is 0 Å². The number of carbonyl (C=O) groups is 1. The van der Waals surface area contributed by atoms with E-state index in [1.165, 1.54) is 0 Å². The fraction of sp³-hybridized carbons (Fsp3) is 0.222. The highest BCUT2D eigenvalue weighted by atomic mass is 35.5. The van der Waals surface area contributed by atoms with Crippen LogP contribution in [-0.4, -0.2) is 11.0 Å². The molecule has 1 atom stereocenters. The molecule has 2 aromatic rings. The Balaban J connectivity index is 1.91. The number of hydrogen-bond donors (Lipinski definition) is 3. The Bertz CT molecular complexity index is 694. The summed E-state index contributed by atoms with van der Waals surface area (Å²) >= 11 is 11.1. The molecule has 2 aromatic carbocycles. The monoisotopic (exact) mass is 361 g/mol. The normalized spacial score (nSPS) is 11.4. The van der Waals surface area contributed by atoms with E-state index >= 15 is 0 Å². The third kappa shape index (κ3) is 5.51. The molecule has 126 valence electrons. The van der Waals surface area contributed by atoms with Gasteiger partial charge in [-0.1, -0.05) is 61.3 Å². The molecule has 6 heteroatoms. The molecule has 3 N–H and O–H groups in total. The van der Waals surface area contributed by atoms with Crippen molar-refractivity contribution < 1.29 is 4.79 Å². The molecule has 0 aromatic heterocycles. The van der Waals surface area contributed by atoms with Crippen LogP contribution < -0.4 is 16.2 Å². The Labute approximate surface area is 152 Å². The van der Waals surface area contributed by atoms with Crippen LogP contribution in [0.15, 0.2) is 54.6 Å². The van der Waals surface area contributed by atoms with E-state index in [1.54, 1.807) is 12.1 Å². The molecular weight excluding hydrogens is 342 g/mol. The maximum atomic E-state index is 12.5. The number of benzene rings is 2. The molecule has 4 nitrogen and oxygen atoms in total. The average molecular weight is 362 g/mol. The van der Waals surface area contributed by atoms with Crippen LogP contribution in [0.2, 0.25) is 5.02 Å². The molecule has 2 rings (SSSR count). The predicted octanol–water partition coefficient (Wildman–Crippen LogP) is 4.24. The predicted molar refractivity (Wildman–Crippen MR) is 103 cm³/mol. The summed E-state index contributed by atoms with van der Waals surface area (Å²) in [7, 11) is 0. The Hall–Kier alpha value is -2.11. The number of hydrazine groups is 1. The van der Waals surface area contributed by atoms with Gasteiger partial charge in [0.1, 0.15) is 0 Å². The first-order valence-corrected chi connectivity index (χ1v) is 8.56. The van der Waals surface area contributed by atoms with Gasteiger partial charge in [0.15, 0.2) is 5.11 Å². The SMILES string of the molecule is CCC[C@H](C(=O)NNC(=S)Nc1cccc(Cl)c1)c1ccccc1. The highest BCUT2D eigenvalue weighted by molar-refractivity contribution is 7.80. The summed E-state index contributed by atoms with van der Waals surface area (Å²) in [5, 5.41) is 3.88. The van der Waals surface area contributed by atoms with Crippen LogP contribution in [0.1, 0.15) is 31.2 Å². The lowest BCUT2D eigenvalue weighted by Gasteiger charge is -2.18. The quantitative estimate of drug-likeness (QED) is 0.550. The van der Waals surface area contributed by atoms with Crippen molar-refractivity contribution in [3.05, 3.63) is 65.2 Å². The Morgan fingerprint density at radius 2 is 1.88 bits per heavy atom. The zero-order valence-corrected chi connectivity index (χ0v) is 15.0. The van der Waals surface area contributed by atoms with Crippen molar-refractivity contribution in [3.8, 4) is 0 Å². The van der Waals surface area contributed by atoms with Crippen molar-refractivity contribution in [2.24, 2.45) is 0 Å². The van der Waals surface area contributed by atoms with Crippen molar-refractivity contribution in [2.45, 2.75) is 25.7 Å². The summed E-state index contributed by atoms with van der Waals surface area (Å²) < 4.78 is 0. The van der Waals surface area contributed by atoms with E-state index in [0.717, 1.165) is 24.1 Å². The van der Waals surface area contributed by atoms with E-state index in [9.17, 15) is 4.79 Å². The van der Waals surface area contributed by atoms with Crippen molar-refractivity contribution >= 4 is 40.5 Å². The summed E-state index contributed by atoms with van der Waals surface area (Å²) in [5.74, 6) is -0.323. The fourth-order valence-electron chi connectivity index (χ4n) is 2.36. The average Bonchev–Trinajstić information content (AvgIpc) is 2.58. The fourth-order valence-corrected chi connectivity index (χ4v) is 2.72. The van der Waals surface area contributed by atoms with Gasteiger partial charge in [0.2, 0.25) is 5.91 Å². The van der Waals surface area contributed by atoms with Gasteiger partial charge in [-0.15, -0.1) is 0 Å². The maximum Gasteiger partial charge on any atom is 0.245 e. The number of carbonyl (C=O) groups excluding carboxylic acids is 1. The molecule has 0 radical (unpaired) electrons. The van der Waals surface area contributed by atoms with Gasteiger partial charge in [-0.25, -0.2) is 0 Å². The van der Waals surface area contributed by atoms with Crippen molar-refractivity contribution in [2.75, 3.05) is 5.32 Å². The number of amides is 1. The van der Waals surface area contributed by atoms with Crippen LogP contribution in [0.3, 0.4) is 0 Å². The van der Waals surface area contributed by atoms with Gasteiger partial charge >= 0.3 is 0 Å². The van der Waals surface area contributed by atoms with Gasteiger partial charge in [0.25, 0.3) is 0 Å². The van der Waals surface area contributed by atoms with Gasteiger partial charge < -0.3 is 5.32 Å². The molecule has 0 saturated carbocycles. The van der Waals surface area contributed by atoms with E-state index < -0.39 is 0 Å². The van der Waals surface area contributed by atoms with Crippen molar-refractivity contribution in [1.82, 2.24) is 10.9 Å². The van der Waals surface area contributed by atoms with E-state index in [2.05, 4.69) is 23.1 Å². The minimum absolute atomic E-state index is 0.113. The van der Waals surface area contributed by atoms with E-state index in [-0.39, 0.29) is 11.8 Å². The molecule has 1 amide bonds. The minimum Gasteiger partial charge on any atom is -0.331 e. The van der Waals surface area contributed by atoms with Crippen molar-refractivity contribution in [3.63, 3.8) is 0 Å². The second-order valence-electron chi connectivity index (χ2n) is 5.33. The van der Waals surface area contributed by atoms with Gasteiger partial charge in [0.05, 0.1) is 5.92 Å². The molecule has 0 spiro atoms. The standard InChI is InChI=1S/C18H20ClN3OS/c1-2-7-16(13-8-4-3-5-9-13)17(23)21-22-18(24)20-15-11-6-10-14(19)12-15/h3-6,8-12,16H,2,7H2,1H3,(H,21,23)(H2,20,22,24)/t16-/m0/s1. The van der Waals surface area contributed by atoms with Gasteiger partial charge in [-0.05, 0) is 42.4 Å². The van der Waals surface area contributed by atoms with Crippen LogP contribution in [-0.2, 0) is 4.79 Å². The first-order valence-electron chi connectivity index (χ1n) is 7.77. The van der Waals surface area contributed by atoms with Crippen LogP contribution in [0.25, 0.3) is 0 Å². The minimum atomic E-state index is -0.210. The molecule has 0 aliphatic carbocycles. The summed E-state index contributed by atoms with van der Waals surface area (Å²) in [6, 6.07) is 16.9. The molecule has 0 fully saturated rings. The smallest absolute Gasteiger partial charge is 0.245 e. The van der Waals surface area contributed by atoms with Crippen LogP contribution >= 0.6 is 23.8 Å². The van der Waals surface area contributed by atoms with Crippen LogP contribution in [0, 0.1) is 0 Å². The Morgan fingerprint density at radius 3 is 2.54 bits per heavy atom. The van der Waals surface area contributed by atoms with Crippen LogP contribution in [0.5, 0.6) is 0 Å². The number of thiocarbonyl (C=S) groups is 1. The van der Waals surface area contributed by atoms with Gasteiger partial charge in [-0.2, -0.15) is 0 Å². The number of nitrogens with one attached hydrogen (secondary N) is 3. The molecule has 0 aliphatic rings. The first kappa shape index (κ1) is 18.2. The highest BCUT2D eigenvalue weighted by Crippen LogP contribution is 2.21. The number of anilines is 1. The summed E-state index contributed by atoms with van der Waals surface area (Å²) in [6.45, 7) is 2.06. The zero-order chi connectivity index (χ0) is 17.4. The molecular formula is C18H20ClN3OS. The largest absolute Gasteiger partial charge is 0.331 e. The zero-order valence-electron chi connectivity index (χ0n) is 13.4.